The molecular weight excluding hydrogens is 254 g/mol. The Bertz CT molecular complexity index is 413. The fourth-order valence-corrected chi connectivity index (χ4v) is 3.61. The third-order valence-corrected chi connectivity index (χ3v) is 4.93. The van der Waals surface area contributed by atoms with E-state index in [2.05, 4.69) is 23.5 Å². The highest BCUT2D eigenvalue weighted by Gasteiger charge is 2.28. The lowest BCUT2D eigenvalue weighted by atomic mass is 9.76. The summed E-state index contributed by atoms with van der Waals surface area (Å²) in [6.07, 6.45) is 9.62. The molecule has 3 rings (SSSR count). The van der Waals surface area contributed by atoms with Crippen molar-refractivity contribution in [3.05, 3.63) is 34.9 Å². The minimum absolute atomic E-state index is 0.841. The molecule has 1 nitrogen and oxygen atoms in total. The second kappa shape index (κ2) is 6.28. The fraction of sp³-hybridized carbons (Fsp3) is 0.647. The maximum Gasteiger partial charge on any atom is 0.0408 e. The smallest absolute Gasteiger partial charge is 0.0408 e. The number of nitrogens with one attached hydrogen (secondary N) is 1. The van der Waals surface area contributed by atoms with Gasteiger partial charge in [0.25, 0.3) is 0 Å². The van der Waals surface area contributed by atoms with Gasteiger partial charge in [-0.1, -0.05) is 36.6 Å². The Balaban J connectivity index is 1.59. The van der Waals surface area contributed by atoms with Crippen LogP contribution in [-0.2, 0) is 6.42 Å². The summed E-state index contributed by atoms with van der Waals surface area (Å²) < 4.78 is 0. The number of hydrogen-bond donors (Lipinski definition) is 1. The van der Waals surface area contributed by atoms with Gasteiger partial charge in [0, 0.05) is 11.1 Å². The highest BCUT2D eigenvalue weighted by atomic mass is 35.5. The van der Waals surface area contributed by atoms with Crippen LogP contribution in [0, 0.1) is 11.8 Å². The maximum absolute atomic E-state index is 6.10. The van der Waals surface area contributed by atoms with Crippen molar-refractivity contribution in [1.29, 1.82) is 0 Å². The molecule has 104 valence electrons. The molecule has 0 aromatic heterocycles. The van der Waals surface area contributed by atoms with Crippen LogP contribution in [0.3, 0.4) is 0 Å². The zero-order valence-electron chi connectivity index (χ0n) is 11.6. The monoisotopic (exact) mass is 277 g/mol. The van der Waals surface area contributed by atoms with Crippen molar-refractivity contribution in [3.8, 4) is 0 Å². The Morgan fingerprint density at radius 1 is 1.05 bits per heavy atom. The van der Waals surface area contributed by atoms with Crippen LogP contribution in [0.25, 0.3) is 0 Å². The van der Waals surface area contributed by atoms with E-state index in [1.165, 1.54) is 57.1 Å². The third kappa shape index (κ3) is 3.97. The van der Waals surface area contributed by atoms with Crippen molar-refractivity contribution in [2.75, 3.05) is 6.54 Å². The Morgan fingerprint density at radius 2 is 1.84 bits per heavy atom. The lowest BCUT2D eigenvalue weighted by molar-refractivity contribution is 0.228. The molecule has 1 aromatic carbocycles. The number of halogens is 1. The summed E-state index contributed by atoms with van der Waals surface area (Å²) in [5.41, 5.74) is 1.41. The van der Waals surface area contributed by atoms with Gasteiger partial charge >= 0.3 is 0 Å². The maximum atomic E-state index is 6.10. The largest absolute Gasteiger partial charge is 0.314 e. The number of rotatable bonds is 5. The van der Waals surface area contributed by atoms with Crippen molar-refractivity contribution in [3.63, 3.8) is 0 Å². The van der Waals surface area contributed by atoms with Crippen LogP contribution in [0.15, 0.2) is 24.3 Å². The average Bonchev–Trinajstić information content (AvgIpc) is 3.22. The van der Waals surface area contributed by atoms with Crippen LogP contribution in [0.4, 0.5) is 0 Å². The zero-order chi connectivity index (χ0) is 13.1. The summed E-state index contributed by atoms with van der Waals surface area (Å²) in [6.45, 7) is 1.23. The second-order valence-electron chi connectivity index (χ2n) is 6.32. The summed E-state index contributed by atoms with van der Waals surface area (Å²) in [7, 11) is 0. The first kappa shape index (κ1) is 13.5. The highest BCUT2D eigenvalue weighted by Crippen LogP contribution is 2.33. The molecule has 0 amide bonds. The summed E-state index contributed by atoms with van der Waals surface area (Å²) in [5, 5.41) is 4.60. The molecule has 2 heteroatoms. The van der Waals surface area contributed by atoms with Gasteiger partial charge in [0.2, 0.25) is 0 Å². The normalized spacial score (nSPS) is 27.4. The topological polar surface area (TPSA) is 12.0 Å². The van der Waals surface area contributed by atoms with Gasteiger partial charge in [0.1, 0.15) is 0 Å². The first-order chi connectivity index (χ1) is 9.31. The van der Waals surface area contributed by atoms with Crippen molar-refractivity contribution in [2.45, 2.75) is 51.0 Å². The molecular formula is C17H24ClN. The van der Waals surface area contributed by atoms with Crippen LogP contribution in [-0.4, -0.2) is 12.6 Å². The van der Waals surface area contributed by atoms with E-state index in [9.17, 15) is 0 Å². The lowest BCUT2D eigenvalue weighted by Crippen LogP contribution is -2.32. The molecule has 0 saturated heterocycles. The summed E-state index contributed by atoms with van der Waals surface area (Å²) in [4.78, 5) is 0. The Kier molecular flexibility index (Phi) is 4.45. The highest BCUT2D eigenvalue weighted by molar-refractivity contribution is 6.30. The predicted octanol–water partition coefficient (Wildman–Crippen LogP) is 4.44. The first-order valence-electron chi connectivity index (χ1n) is 7.79. The Hall–Kier alpha value is -0.530. The van der Waals surface area contributed by atoms with E-state index < -0.39 is 0 Å². The zero-order valence-corrected chi connectivity index (χ0v) is 12.3. The van der Waals surface area contributed by atoms with Gasteiger partial charge in [-0.05, 0) is 68.2 Å². The summed E-state index contributed by atoms with van der Waals surface area (Å²) in [6, 6.07) is 9.26. The molecule has 1 aromatic rings. The minimum atomic E-state index is 0.841. The Labute approximate surface area is 121 Å². The van der Waals surface area contributed by atoms with Crippen molar-refractivity contribution >= 4 is 11.6 Å². The van der Waals surface area contributed by atoms with Crippen molar-refractivity contribution < 1.29 is 0 Å². The molecule has 2 atom stereocenters. The molecule has 19 heavy (non-hydrogen) atoms. The van der Waals surface area contributed by atoms with Gasteiger partial charge in [0.05, 0.1) is 0 Å². The molecule has 2 aliphatic rings. The van der Waals surface area contributed by atoms with Crippen LogP contribution < -0.4 is 5.32 Å². The van der Waals surface area contributed by atoms with Gasteiger partial charge in [-0.3, -0.25) is 0 Å². The van der Waals surface area contributed by atoms with E-state index in [4.69, 9.17) is 11.6 Å². The number of hydrogen-bond acceptors (Lipinski definition) is 1. The summed E-state index contributed by atoms with van der Waals surface area (Å²) in [5.74, 6) is 1.71. The molecule has 0 radical (unpaired) electrons. The lowest BCUT2D eigenvalue weighted by Gasteiger charge is -2.32. The van der Waals surface area contributed by atoms with Gasteiger partial charge < -0.3 is 5.32 Å². The van der Waals surface area contributed by atoms with E-state index >= 15 is 0 Å². The fourth-order valence-electron chi connectivity index (χ4n) is 3.39. The van der Waals surface area contributed by atoms with Gasteiger partial charge in [-0.15, -0.1) is 0 Å². The van der Waals surface area contributed by atoms with Gasteiger partial charge in [-0.2, -0.15) is 0 Å². The van der Waals surface area contributed by atoms with Crippen molar-refractivity contribution in [1.82, 2.24) is 5.32 Å². The molecule has 2 unspecified atom stereocenters. The van der Waals surface area contributed by atoms with Gasteiger partial charge in [0.15, 0.2) is 0 Å². The van der Waals surface area contributed by atoms with E-state index in [1.54, 1.807) is 0 Å². The molecule has 2 aliphatic carbocycles. The predicted molar refractivity (Wildman–Crippen MR) is 81.6 cm³/mol. The van der Waals surface area contributed by atoms with E-state index in [-0.39, 0.29) is 0 Å². The standard InChI is InChI=1S/C17H24ClN/c18-16-7-3-4-13(11-16)10-14-5-1-2-6-15(14)12-19-17-8-9-17/h3-4,7,11,14-15,17,19H,1-2,5-6,8-10,12H2. The third-order valence-electron chi connectivity index (χ3n) is 4.70. The molecule has 2 saturated carbocycles. The molecule has 0 heterocycles. The van der Waals surface area contributed by atoms with Gasteiger partial charge in [-0.25, -0.2) is 0 Å². The van der Waals surface area contributed by atoms with E-state index in [0.29, 0.717) is 0 Å². The second-order valence-corrected chi connectivity index (χ2v) is 6.76. The molecule has 0 aliphatic heterocycles. The van der Waals surface area contributed by atoms with Crippen LogP contribution >= 0.6 is 11.6 Å². The first-order valence-corrected chi connectivity index (χ1v) is 8.17. The SMILES string of the molecule is Clc1cccc(CC2CCCCC2CNC2CC2)c1. The molecule has 2 fully saturated rings. The van der Waals surface area contributed by atoms with Crippen LogP contribution in [0.1, 0.15) is 44.1 Å². The van der Waals surface area contributed by atoms with Crippen LogP contribution in [0.5, 0.6) is 0 Å². The molecule has 0 bridgehead atoms. The minimum Gasteiger partial charge on any atom is -0.314 e. The Morgan fingerprint density at radius 3 is 2.58 bits per heavy atom. The van der Waals surface area contributed by atoms with E-state index in [1.807, 2.05) is 6.07 Å². The molecule has 0 spiro atoms. The molecule has 1 N–H and O–H groups in total. The van der Waals surface area contributed by atoms with Crippen molar-refractivity contribution in [2.24, 2.45) is 11.8 Å². The number of benzene rings is 1. The van der Waals surface area contributed by atoms with E-state index in [0.717, 1.165) is 22.9 Å². The van der Waals surface area contributed by atoms with Crippen LogP contribution in [0.2, 0.25) is 5.02 Å². The summed E-state index contributed by atoms with van der Waals surface area (Å²) >= 11 is 6.10. The average molecular weight is 278 g/mol. The quantitative estimate of drug-likeness (QED) is 0.839.